The summed E-state index contributed by atoms with van der Waals surface area (Å²) in [7, 11) is 0. The highest BCUT2D eigenvalue weighted by Gasteiger charge is 2.09. The van der Waals surface area contributed by atoms with Gasteiger partial charge in [0.2, 0.25) is 0 Å². The number of hydrogen-bond acceptors (Lipinski definition) is 2. The first-order chi connectivity index (χ1) is 7.15. The molecule has 0 aliphatic carbocycles. The highest BCUT2D eigenvalue weighted by atomic mass is 32.1. The predicted octanol–water partition coefficient (Wildman–Crippen LogP) is 3.62. The van der Waals surface area contributed by atoms with E-state index in [0.29, 0.717) is 6.04 Å². The van der Waals surface area contributed by atoms with Crippen molar-refractivity contribution in [2.75, 3.05) is 6.54 Å². The molecular weight excluding hydrogens is 202 g/mol. The number of thiophene rings is 1. The zero-order chi connectivity index (χ0) is 11.3. The van der Waals surface area contributed by atoms with Gasteiger partial charge in [-0.25, -0.2) is 0 Å². The summed E-state index contributed by atoms with van der Waals surface area (Å²) in [6.07, 6.45) is 2.40. The summed E-state index contributed by atoms with van der Waals surface area (Å²) in [6, 6.07) is 2.88. The van der Waals surface area contributed by atoms with E-state index in [2.05, 4.69) is 44.5 Å². The van der Waals surface area contributed by atoms with Crippen molar-refractivity contribution in [2.45, 2.75) is 46.6 Å². The molecule has 0 aliphatic heterocycles. The Morgan fingerprint density at radius 1 is 1.40 bits per heavy atom. The molecule has 0 spiro atoms. The molecule has 0 radical (unpaired) electrons. The molecule has 1 aromatic rings. The van der Waals surface area contributed by atoms with Gasteiger partial charge < -0.3 is 5.32 Å². The van der Waals surface area contributed by atoms with Crippen LogP contribution in [0.5, 0.6) is 0 Å². The van der Waals surface area contributed by atoms with Crippen molar-refractivity contribution in [1.29, 1.82) is 0 Å². The molecule has 2 heteroatoms. The van der Waals surface area contributed by atoms with Crippen LogP contribution in [0.2, 0.25) is 0 Å². The normalized spacial score (nSPS) is 13.4. The Hall–Kier alpha value is -0.340. The summed E-state index contributed by atoms with van der Waals surface area (Å²) in [5.74, 6) is 0.736. The van der Waals surface area contributed by atoms with E-state index >= 15 is 0 Å². The lowest BCUT2D eigenvalue weighted by molar-refractivity contribution is 0.392. The molecule has 1 atom stereocenters. The lowest BCUT2D eigenvalue weighted by Gasteiger charge is -2.20. The molecule has 1 heterocycles. The Morgan fingerprint density at radius 3 is 2.60 bits per heavy atom. The topological polar surface area (TPSA) is 12.0 Å². The Labute approximate surface area is 97.9 Å². The quantitative estimate of drug-likeness (QED) is 0.779. The van der Waals surface area contributed by atoms with Crippen LogP contribution in [0, 0.1) is 12.8 Å². The van der Waals surface area contributed by atoms with Crippen LogP contribution in [0.3, 0.4) is 0 Å². The lowest BCUT2D eigenvalue weighted by atomic mass is 10.0. The molecule has 0 bridgehead atoms. The van der Waals surface area contributed by atoms with Crippen LogP contribution in [0.4, 0.5) is 0 Å². The summed E-state index contributed by atoms with van der Waals surface area (Å²) in [5.41, 5.74) is 1.44. The number of rotatable bonds is 6. The highest BCUT2D eigenvalue weighted by Crippen LogP contribution is 2.15. The second kappa shape index (κ2) is 6.29. The standard InChI is InChI=1S/C13H23NS/c1-5-12(10(2)3)14-8-6-13-11(4)7-9-15-13/h7,9-10,12,14H,5-6,8H2,1-4H3. The van der Waals surface area contributed by atoms with Gasteiger partial charge in [0.05, 0.1) is 0 Å². The maximum Gasteiger partial charge on any atom is 0.00875 e. The van der Waals surface area contributed by atoms with Crippen molar-refractivity contribution in [3.8, 4) is 0 Å². The van der Waals surface area contributed by atoms with Gasteiger partial charge in [-0.2, -0.15) is 0 Å². The van der Waals surface area contributed by atoms with Gasteiger partial charge in [-0.1, -0.05) is 20.8 Å². The number of aryl methyl sites for hydroxylation is 1. The number of hydrogen-bond donors (Lipinski definition) is 1. The third-order valence-corrected chi connectivity index (χ3v) is 4.05. The minimum Gasteiger partial charge on any atom is -0.313 e. The van der Waals surface area contributed by atoms with Crippen molar-refractivity contribution < 1.29 is 0 Å². The Morgan fingerprint density at radius 2 is 2.13 bits per heavy atom. The summed E-state index contributed by atoms with van der Waals surface area (Å²) >= 11 is 1.88. The monoisotopic (exact) mass is 225 g/mol. The summed E-state index contributed by atoms with van der Waals surface area (Å²) < 4.78 is 0. The first-order valence-corrected chi connectivity index (χ1v) is 6.79. The largest absolute Gasteiger partial charge is 0.313 e. The van der Waals surface area contributed by atoms with E-state index in [0.717, 1.165) is 12.5 Å². The van der Waals surface area contributed by atoms with E-state index in [-0.39, 0.29) is 0 Å². The maximum atomic E-state index is 3.64. The van der Waals surface area contributed by atoms with Gasteiger partial charge in [0.15, 0.2) is 0 Å². The first-order valence-electron chi connectivity index (χ1n) is 5.91. The molecule has 0 amide bonds. The summed E-state index contributed by atoms with van der Waals surface area (Å²) in [4.78, 5) is 1.53. The van der Waals surface area contributed by atoms with Gasteiger partial charge in [0.1, 0.15) is 0 Å². The van der Waals surface area contributed by atoms with Crippen molar-refractivity contribution in [3.05, 3.63) is 21.9 Å². The lowest BCUT2D eigenvalue weighted by Crippen LogP contribution is -2.34. The molecule has 0 saturated carbocycles. The van der Waals surface area contributed by atoms with Gasteiger partial charge in [0, 0.05) is 17.5 Å². The molecule has 1 N–H and O–H groups in total. The Bertz CT molecular complexity index is 278. The SMILES string of the molecule is CCC(NCCc1sccc1C)C(C)C. The molecule has 15 heavy (non-hydrogen) atoms. The van der Waals surface area contributed by atoms with Gasteiger partial charge in [0.25, 0.3) is 0 Å². The molecular formula is C13H23NS. The third-order valence-electron chi connectivity index (χ3n) is 2.97. The second-order valence-electron chi connectivity index (χ2n) is 4.49. The van der Waals surface area contributed by atoms with Crippen molar-refractivity contribution in [2.24, 2.45) is 5.92 Å². The van der Waals surface area contributed by atoms with E-state index in [9.17, 15) is 0 Å². The van der Waals surface area contributed by atoms with Gasteiger partial charge >= 0.3 is 0 Å². The van der Waals surface area contributed by atoms with Crippen LogP contribution in [0.1, 0.15) is 37.6 Å². The van der Waals surface area contributed by atoms with Gasteiger partial charge in [-0.3, -0.25) is 0 Å². The fourth-order valence-corrected chi connectivity index (χ4v) is 2.79. The van der Waals surface area contributed by atoms with Crippen LogP contribution in [0.25, 0.3) is 0 Å². The second-order valence-corrected chi connectivity index (χ2v) is 5.49. The van der Waals surface area contributed by atoms with E-state index in [1.54, 1.807) is 0 Å². The molecule has 1 aromatic heterocycles. The molecule has 0 saturated heterocycles. The van der Waals surface area contributed by atoms with Crippen LogP contribution < -0.4 is 5.32 Å². The highest BCUT2D eigenvalue weighted by molar-refractivity contribution is 7.10. The van der Waals surface area contributed by atoms with Crippen LogP contribution >= 0.6 is 11.3 Å². The minimum atomic E-state index is 0.672. The molecule has 0 aliphatic rings. The van der Waals surface area contributed by atoms with Gasteiger partial charge in [-0.05, 0) is 42.7 Å². The first kappa shape index (κ1) is 12.7. The predicted molar refractivity (Wildman–Crippen MR) is 69.7 cm³/mol. The fourth-order valence-electron chi connectivity index (χ4n) is 1.88. The van der Waals surface area contributed by atoms with Crippen LogP contribution in [-0.4, -0.2) is 12.6 Å². The van der Waals surface area contributed by atoms with E-state index in [1.165, 1.54) is 23.3 Å². The average Bonchev–Trinajstić information content (AvgIpc) is 2.58. The molecule has 1 rings (SSSR count). The minimum absolute atomic E-state index is 0.672. The Balaban J connectivity index is 2.29. The third kappa shape index (κ3) is 3.96. The zero-order valence-corrected chi connectivity index (χ0v) is 11.2. The van der Waals surface area contributed by atoms with Crippen molar-refractivity contribution in [3.63, 3.8) is 0 Å². The fraction of sp³-hybridized carbons (Fsp3) is 0.692. The average molecular weight is 225 g/mol. The van der Waals surface area contributed by atoms with E-state index in [4.69, 9.17) is 0 Å². The molecule has 0 fully saturated rings. The zero-order valence-electron chi connectivity index (χ0n) is 10.3. The van der Waals surface area contributed by atoms with Crippen LogP contribution in [-0.2, 0) is 6.42 Å². The van der Waals surface area contributed by atoms with E-state index < -0.39 is 0 Å². The maximum absolute atomic E-state index is 3.64. The molecule has 86 valence electrons. The van der Waals surface area contributed by atoms with E-state index in [1.807, 2.05) is 11.3 Å². The smallest absolute Gasteiger partial charge is 0.00875 e. The molecule has 0 aromatic carbocycles. The molecule has 1 unspecified atom stereocenters. The van der Waals surface area contributed by atoms with Gasteiger partial charge in [-0.15, -0.1) is 11.3 Å². The summed E-state index contributed by atoms with van der Waals surface area (Å²) in [6.45, 7) is 10.1. The van der Waals surface area contributed by atoms with Crippen molar-refractivity contribution >= 4 is 11.3 Å². The Kier molecular flexibility index (Phi) is 5.34. The summed E-state index contributed by atoms with van der Waals surface area (Å²) in [5, 5.41) is 5.83. The van der Waals surface area contributed by atoms with Crippen molar-refractivity contribution in [1.82, 2.24) is 5.32 Å². The molecule has 1 nitrogen and oxygen atoms in total. The number of nitrogens with one attached hydrogen (secondary N) is 1. The van der Waals surface area contributed by atoms with Crippen LogP contribution in [0.15, 0.2) is 11.4 Å².